The number of benzene rings is 1. The van der Waals surface area contributed by atoms with Crippen LogP contribution >= 0.6 is 0 Å². The minimum Gasteiger partial charge on any atom is -0.340 e. The average Bonchev–Trinajstić information content (AvgIpc) is 2.55. The maximum absolute atomic E-state index is 13.7. The van der Waals surface area contributed by atoms with Crippen LogP contribution < -0.4 is 5.32 Å². The van der Waals surface area contributed by atoms with Crippen LogP contribution in [0.15, 0.2) is 36.9 Å². The highest BCUT2D eigenvalue weighted by molar-refractivity contribution is 5.76. The van der Waals surface area contributed by atoms with Gasteiger partial charge in [0.2, 0.25) is 5.91 Å². The molecule has 22 heavy (non-hydrogen) atoms. The Balaban J connectivity index is 1.87. The van der Waals surface area contributed by atoms with Crippen molar-refractivity contribution in [1.29, 1.82) is 0 Å². The fraction of sp³-hybridized carbons (Fsp3) is 0.471. The molecule has 0 spiro atoms. The van der Waals surface area contributed by atoms with Crippen molar-refractivity contribution in [2.24, 2.45) is 0 Å². The number of piperazine rings is 1. The minimum atomic E-state index is -0.204. The number of halogens is 1. The zero-order valence-electron chi connectivity index (χ0n) is 12.9. The number of hydrogen-bond acceptors (Lipinski definition) is 3. The quantitative estimate of drug-likeness (QED) is 0.778. The second-order valence-electron chi connectivity index (χ2n) is 5.50. The molecule has 0 aromatic heterocycles. The Labute approximate surface area is 131 Å². The van der Waals surface area contributed by atoms with Crippen molar-refractivity contribution >= 4 is 5.91 Å². The number of nitrogens with zero attached hydrogens (tertiary/aromatic N) is 2. The third-order valence-electron chi connectivity index (χ3n) is 3.85. The van der Waals surface area contributed by atoms with E-state index >= 15 is 0 Å². The molecule has 1 aliphatic rings. The van der Waals surface area contributed by atoms with Crippen molar-refractivity contribution in [3.63, 3.8) is 0 Å². The second-order valence-corrected chi connectivity index (χ2v) is 5.50. The van der Waals surface area contributed by atoms with Crippen molar-refractivity contribution in [2.75, 3.05) is 39.3 Å². The van der Waals surface area contributed by atoms with Crippen LogP contribution in [-0.4, -0.2) is 55.0 Å². The molecule has 0 saturated carbocycles. The summed E-state index contributed by atoms with van der Waals surface area (Å²) < 4.78 is 13.7. The van der Waals surface area contributed by atoms with Crippen LogP contribution in [0.3, 0.4) is 0 Å². The Kier molecular flexibility index (Phi) is 6.55. The van der Waals surface area contributed by atoms with Crippen LogP contribution in [-0.2, 0) is 11.3 Å². The van der Waals surface area contributed by atoms with Crippen molar-refractivity contribution in [2.45, 2.75) is 13.0 Å². The van der Waals surface area contributed by atoms with E-state index in [1.54, 1.807) is 18.2 Å². The molecule has 0 unspecified atom stereocenters. The second kappa shape index (κ2) is 8.66. The van der Waals surface area contributed by atoms with Gasteiger partial charge >= 0.3 is 0 Å². The number of hydrogen-bond donors (Lipinski definition) is 1. The van der Waals surface area contributed by atoms with Crippen LogP contribution in [0.2, 0.25) is 0 Å². The maximum Gasteiger partial charge on any atom is 0.223 e. The molecule has 5 heteroatoms. The summed E-state index contributed by atoms with van der Waals surface area (Å²) in [5.74, 6) is -0.0333. The Morgan fingerprint density at radius 1 is 1.36 bits per heavy atom. The zero-order valence-corrected chi connectivity index (χ0v) is 12.9. The van der Waals surface area contributed by atoms with Gasteiger partial charge in [-0.15, -0.1) is 6.58 Å². The lowest BCUT2D eigenvalue weighted by molar-refractivity contribution is -0.132. The summed E-state index contributed by atoms with van der Waals surface area (Å²) in [7, 11) is 0. The molecule has 1 fully saturated rings. The van der Waals surface area contributed by atoms with Crippen LogP contribution in [0.4, 0.5) is 4.39 Å². The first kappa shape index (κ1) is 16.6. The van der Waals surface area contributed by atoms with E-state index in [0.29, 0.717) is 31.6 Å². The van der Waals surface area contributed by atoms with Gasteiger partial charge in [-0.1, -0.05) is 24.3 Å². The van der Waals surface area contributed by atoms with Crippen molar-refractivity contribution in [1.82, 2.24) is 15.1 Å². The fourth-order valence-corrected chi connectivity index (χ4v) is 2.61. The molecule has 4 nitrogen and oxygen atoms in total. The topological polar surface area (TPSA) is 35.6 Å². The Morgan fingerprint density at radius 2 is 2.09 bits per heavy atom. The minimum absolute atomic E-state index is 0.170. The summed E-state index contributed by atoms with van der Waals surface area (Å²) in [6.45, 7) is 8.75. The van der Waals surface area contributed by atoms with Gasteiger partial charge in [0.05, 0.1) is 0 Å². The van der Waals surface area contributed by atoms with E-state index in [9.17, 15) is 9.18 Å². The third-order valence-corrected chi connectivity index (χ3v) is 3.85. The molecule has 0 bridgehead atoms. The largest absolute Gasteiger partial charge is 0.340 e. The van der Waals surface area contributed by atoms with Gasteiger partial charge in [0.15, 0.2) is 0 Å². The van der Waals surface area contributed by atoms with E-state index in [0.717, 1.165) is 26.2 Å². The SMILES string of the molecule is C=CCN(CCC(=O)N1CCNCC1)Cc1ccccc1F. The van der Waals surface area contributed by atoms with Gasteiger partial charge in [0.25, 0.3) is 0 Å². The highest BCUT2D eigenvalue weighted by Gasteiger charge is 2.17. The number of carbonyl (C=O) groups excluding carboxylic acids is 1. The first-order valence-corrected chi connectivity index (χ1v) is 7.76. The number of rotatable bonds is 7. The van der Waals surface area contributed by atoms with Crippen molar-refractivity contribution < 1.29 is 9.18 Å². The van der Waals surface area contributed by atoms with E-state index < -0.39 is 0 Å². The van der Waals surface area contributed by atoms with E-state index in [1.807, 2.05) is 15.9 Å². The molecule has 120 valence electrons. The lowest BCUT2D eigenvalue weighted by Gasteiger charge is -2.28. The van der Waals surface area contributed by atoms with Gasteiger partial charge < -0.3 is 10.2 Å². The standard InChI is InChI=1S/C17H24FN3O/c1-2-10-20(14-15-5-3-4-6-16(15)18)11-7-17(22)21-12-8-19-9-13-21/h2-6,19H,1,7-14H2. The predicted molar refractivity (Wildman–Crippen MR) is 85.9 cm³/mol. The molecule has 1 aromatic rings. The molecule has 0 aliphatic carbocycles. The highest BCUT2D eigenvalue weighted by Crippen LogP contribution is 2.10. The zero-order chi connectivity index (χ0) is 15.8. The van der Waals surface area contributed by atoms with Crippen molar-refractivity contribution in [3.05, 3.63) is 48.3 Å². The van der Waals surface area contributed by atoms with E-state index in [1.165, 1.54) is 6.07 Å². The first-order valence-electron chi connectivity index (χ1n) is 7.76. The van der Waals surface area contributed by atoms with Crippen LogP contribution in [0.1, 0.15) is 12.0 Å². The molecule has 1 aliphatic heterocycles. The summed E-state index contributed by atoms with van der Waals surface area (Å²) in [6.07, 6.45) is 2.25. The molecular formula is C17H24FN3O. The lowest BCUT2D eigenvalue weighted by atomic mass is 10.2. The molecule has 1 N–H and O–H groups in total. The smallest absolute Gasteiger partial charge is 0.223 e. The van der Waals surface area contributed by atoms with Gasteiger partial charge in [0.1, 0.15) is 5.82 Å². The fourth-order valence-electron chi connectivity index (χ4n) is 2.61. The summed E-state index contributed by atoms with van der Waals surface area (Å²) in [5.41, 5.74) is 0.652. The van der Waals surface area contributed by atoms with E-state index in [4.69, 9.17) is 0 Å². The van der Waals surface area contributed by atoms with Gasteiger partial charge in [-0.05, 0) is 6.07 Å². The lowest BCUT2D eigenvalue weighted by Crippen LogP contribution is -2.47. The van der Waals surface area contributed by atoms with Gasteiger partial charge in [-0.3, -0.25) is 9.69 Å². The maximum atomic E-state index is 13.7. The Morgan fingerprint density at radius 3 is 2.77 bits per heavy atom. The predicted octanol–water partition coefficient (Wildman–Crippen LogP) is 1.64. The molecule has 0 radical (unpaired) electrons. The van der Waals surface area contributed by atoms with Crippen LogP contribution in [0, 0.1) is 5.82 Å². The number of amides is 1. The normalized spacial score (nSPS) is 15.1. The van der Waals surface area contributed by atoms with Crippen LogP contribution in [0.5, 0.6) is 0 Å². The molecule has 2 rings (SSSR count). The molecule has 1 heterocycles. The van der Waals surface area contributed by atoms with E-state index in [-0.39, 0.29) is 11.7 Å². The highest BCUT2D eigenvalue weighted by atomic mass is 19.1. The average molecular weight is 305 g/mol. The van der Waals surface area contributed by atoms with Gasteiger partial charge in [-0.25, -0.2) is 4.39 Å². The summed E-state index contributed by atoms with van der Waals surface area (Å²) in [6, 6.07) is 6.76. The van der Waals surface area contributed by atoms with Crippen LogP contribution in [0.25, 0.3) is 0 Å². The van der Waals surface area contributed by atoms with Gasteiger partial charge in [-0.2, -0.15) is 0 Å². The number of nitrogens with one attached hydrogen (secondary N) is 1. The molecule has 1 saturated heterocycles. The Bertz CT molecular complexity index is 500. The molecule has 1 amide bonds. The Hall–Kier alpha value is -1.72. The van der Waals surface area contributed by atoms with E-state index in [2.05, 4.69) is 11.9 Å². The number of carbonyl (C=O) groups is 1. The summed E-state index contributed by atoms with van der Waals surface area (Å²) in [5, 5.41) is 3.23. The summed E-state index contributed by atoms with van der Waals surface area (Å²) in [4.78, 5) is 16.1. The summed E-state index contributed by atoms with van der Waals surface area (Å²) >= 11 is 0. The van der Waals surface area contributed by atoms with Gasteiger partial charge in [0, 0.05) is 57.8 Å². The molecular weight excluding hydrogens is 281 g/mol. The first-order chi connectivity index (χ1) is 10.7. The third kappa shape index (κ3) is 4.93. The molecule has 0 atom stereocenters. The van der Waals surface area contributed by atoms with Crippen molar-refractivity contribution in [3.8, 4) is 0 Å². The monoisotopic (exact) mass is 305 g/mol. The molecule has 1 aromatic carbocycles.